The Morgan fingerprint density at radius 1 is 1.40 bits per heavy atom. The maximum absolute atomic E-state index is 12.7. The van der Waals surface area contributed by atoms with E-state index >= 15 is 0 Å². The molecule has 3 rings (SSSR count). The van der Waals surface area contributed by atoms with Gasteiger partial charge in [-0.15, -0.1) is 0 Å². The highest BCUT2D eigenvalue weighted by atomic mass is 32.2. The Kier molecular flexibility index (Phi) is 3.36. The molecule has 0 radical (unpaired) electrons. The van der Waals surface area contributed by atoms with Crippen molar-refractivity contribution in [3.8, 4) is 0 Å². The molecule has 2 atom stereocenters. The second-order valence-electron chi connectivity index (χ2n) is 6.99. The van der Waals surface area contributed by atoms with Crippen molar-refractivity contribution in [2.24, 2.45) is 5.92 Å². The molecule has 1 amide bonds. The van der Waals surface area contributed by atoms with E-state index in [9.17, 15) is 13.2 Å². The second kappa shape index (κ2) is 4.70. The summed E-state index contributed by atoms with van der Waals surface area (Å²) in [5.41, 5.74) is -0.346. The molecule has 1 saturated carbocycles. The highest BCUT2D eigenvalue weighted by molar-refractivity contribution is 7.91. The van der Waals surface area contributed by atoms with E-state index in [0.717, 1.165) is 25.7 Å². The average molecular weight is 300 g/mol. The first-order valence-electron chi connectivity index (χ1n) is 7.64. The minimum Gasteiger partial charge on any atom is -0.322 e. The van der Waals surface area contributed by atoms with Gasteiger partial charge in [0.05, 0.1) is 23.2 Å². The van der Waals surface area contributed by atoms with Gasteiger partial charge in [0, 0.05) is 6.04 Å². The van der Waals surface area contributed by atoms with Crippen LogP contribution in [0.2, 0.25) is 0 Å². The zero-order valence-electron chi connectivity index (χ0n) is 12.3. The third-order valence-corrected chi connectivity index (χ3v) is 6.50. The van der Waals surface area contributed by atoms with Crippen LogP contribution in [0.5, 0.6) is 0 Å². The number of carbonyl (C=O) groups excluding carboxylic acids is 1. The van der Waals surface area contributed by atoms with Crippen molar-refractivity contribution in [3.05, 3.63) is 0 Å². The van der Waals surface area contributed by atoms with Crippen LogP contribution in [0, 0.1) is 5.92 Å². The molecule has 0 aromatic carbocycles. The number of nitrogens with zero attached hydrogens (tertiary/aromatic N) is 1. The number of amides is 1. The van der Waals surface area contributed by atoms with Crippen LogP contribution in [0.1, 0.15) is 46.0 Å². The standard InChI is InChI=1S/C14H24N2O3S/c1-10(2)8-12-15-14(5-6-14)13(17)16(12)11-4-3-7-20(18,19)9-11/h10-12,15H,3-9H2,1-2H3. The number of sulfone groups is 1. The average Bonchev–Trinajstić information content (AvgIpc) is 3.02. The maximum atomic E-state index is 12.7. The Bertz CT molecular complexity index is 511. The van der Waals surface area contributed by atoms with Crippen LogP contribution < -0.4 is 5.32 Å². The first-order valence-corrected chi connectivity index (χ1v) is 9.46. The van der Waals surface area contributed by atoms with Gasteiger partial charge in [0.2, 0.25) is 5.91 Å². The normalized spacial score (nSPS) is 35.0. The third-order valence-electron chi connectivity index (χ3n) is 4.70. The molecular weight excluding hydrogens is 276 g/mol. The summed E-state index contributed by atoms with van der Waals surface area (Å²) < 4.78 is 23.7. The second-order valence-corrected chi connectivity index (χ2v) is 9.22. The lowest BCUT2D eigenvalue weighted by atomic mass is 10.1. The van der Waals surface area contributed by atoms with Crippen LogP contribution in [0.4, 0.5) is 0 Å². The molecule has 5 nitrogen and oxygen atoms in total. The predicted octanol–water partition coefficient (Wildman–Crippen LogP) is 0.900. The topological polar surface area (TPSA) is 66.5 Å². The number of nitrogens with one attached hydrogen (secondary N) is 1. The first-order chi connectivity index (χ1) is 9.33. The number of rotatable bonds is 3. The predicted molar refractivity (Wildman–Crippen MR) is 76.9 cm³/mol. The Morgan fingerprint density at radius 2 is 2.10 bits per heavy atom. The fourth-order valence-corrected chi connectivity index (χ4v) is 5.27. The Morgan fingerprint density at radius 3 is 2.65 bits per heavy atom. The number of hydrogen-bond acceptors (Lipinski definition) is 4. The van der Waals surface area contributed by atoms with Crippen LogP contribution in [0.25, 0.3) is 0 Å². The highest BCUT2D eigenvalue weighted by Gasteiger charge is 2.60. The molecule has 2 heterocycles. The molecule has 6 heteroatoms. The molecule has 114 valence electrons. The lowest BCUT2D eigenvalue weighted by Crippen LogP contribution is -2.50. The van der Waals surface area contributed by atoms with Crippen molar-refractivity contribution in [2.75, 3.05) is 11.5 Å². The van der Waals surface area contributed by atoms with Crippen molar-refractivity contribution in [3.63, 3.8) is 0 Å². The van der Waals surface area contributed by atoms with Gasteiger partial charge in [-0.3, -0.25) is 10.1 Å². The smallest absolute Gasteiger partial charge is 0.244 e. The molecular formula is C14H24N2O3S. The van der Waals surface area contributed by atoms with Crippen LogP contribution in [0.15, 0.2) is 0 Å². The van der Waals surface area contributed by atoms with E-state index in [1.54, 1.807) is 0 Å². The molecule has 3 aliphatic rings. The van der Waals surface area contributed by atoms with E-state index in [2.05, 4.69) is 19.2 Å². The molecule has 0 bridgehead atoms. The monoisotopic (exact) mass is 300 g/mol. The van der Waals surface area contributed by atoms with E-state index < -0.39 is 9.84 Å². The van der Waals surface area contributed by atoms with E-state index in [0.29, 0.717) is 12.3 Å². The van der Waals surface area contributed by atoms with E-state index in [1.807, 2.05) is 4.90 Å². The van der Waals surface area contributed by atoms with Gasteiger partial charge in [-0.1, -0.05) is 13.8 Å². The Labute approximate surface area is 121 Å². The van der Waals surface area contributed by atoms with Gasteiger partial charge in [0.15, 0.2) is 9.84 Å². The molecule has 1 N–H and O–H groups in total. The van der Waals surface area contributed by atoms with E-state index in [4.69, 9.17) is 0 Å². The summed E-state index contributed by atoms with van der Waals surface area (Å²) in [6.07, 6.45) is 4.20. The molecule has 2 unspecified atom stereocenters. The van der Waals surface area contributed by atoms with Crippen LogP contribution in [-0.4, -0.2) is 48.5 Å². The van der Waals surface area contributed by atoms with Crippen LogP contribution in [0.3, 0.4) is 0 Å². The summed E-state index contributed by atoms with van der Waals surface area (Å²) in [6.45, 7) is 4.28. The molecule has 1 aliphatic carbocycles. The summed E-state index contributed by atoms with van der Waals surface area (Å²) in [6, 6.07) is -0.127. The van der Waals surface area contributed by atoms with Crippen molar-refractivity contribution >= 4 is 15.7 Å². The minimum absolute atomic E-state index is 0.0169. The number of carbonyl (C=O) groups is 1. The van der Waals surface area contributed by atoms with Crippen LogP contribution in [-0.2, 0) is 14.6 Å². The lowest BCUT2D eigenvalue weighted by Gasteiger charge is -2.35. The van der Waals surface area contributed by atoms with Gasteiger partial charge in [0.1, 0.15) is 0 Å². The Hall–Kier alpha value is -0.620. The third kappa shape index (κ3) is 2.48. The summed E-state index contributed by atoms with van der Waals surface area (Å²) >= 11 is 0. The van der Waals surface area contributed by atoms with Gasteiger partial charge in [-0.2, -0.15) is 0 Å². The Balaban J connectivity index is 1.82. The highest BCUT2D eigenvalue weighted by Crippen LogP contribution is 2.44. The molecule has 2 saturated heterocycles. The lowest BCUT2D eigenvalue weighted by molar-refractivity contribution is -0.133. The molecule has 2 aliphatic heterocycles. The van der Waals surface area contributed by atoms with Gasteiger partial charge >= 0.3 is 0 Å². The van der Waals surface area contributed by atoms with E-state index in [1.165, 1.54) is 0 Å². The summed E-state index contributed by atoms with van der Waals surface area (Å²) in [7, 11) is -2.98. The zero-order valence-corrected chi connectivity index (χ0v) is 13.1. The molecule has 0 aromatic rings. The van der Waals surface area contributed by atoms with Gasteiger partial charge < -0.3 is 4.90 Å². The SMILES string of the molecule is CC(C)CC1NC2(CC2)C(=O)N1C1CCCS(=O)(=O)C1. The van der Waals surface area contributed by atoms with E-state index in [-0.39, 0.29) is 35.2 Å². The first kappa shape index (κ1) is 14.3. The van der Waals surface area contributed by atoms with Crippen molar-refractivity contribution in [1.82, 2.24) is 10.2 Å². The fourth-order valence-electron chi connectivity index (χ4n) is 3.58. The molecule has 20 heavy (non-hydrogen) atoms. The summed E-state index contributed by atoms with van der Waals surface area (Å²) in [5, 5.41) is 3.48. The number of hydrogen-bond donors (Lipinski definition) is 1. The summed E-state index contributed by atoms with van der Waals surface area (Å²) in [5.74, 6) is 1.05. The van der Waals surface area contributed by atoms with Crippen LogP contribution >= 0.6 is 0 Å². The van der Waals surface area contributed by atoms with Gasteiger partial charge in [-0.05, 0) is 38.0 Å². The zero-order chi connectivity index (χ0) is 14.5. The van der Waals surface area contributed by atoms with Crippen molar-refractivity contribution in [1.29, 1.82) is 0 Å². The molecule has 1 spiro atoms. The minimum atomic E-state index is -2.98. The van der Waals surface area contributed by atoms with Crippen molar-refractivity contribution in [2.45, 2.75) is 63.7 Å². The van der Waals surface area contributed by atoms with Gasteiger partial charge in [0.25, 0.3) is 0 Å². The summed E-state index contributed by atoms with van der Waals surface area (Å²) in [4.78, 5) is 14.5. The quantitative estimate of drug-likeness (QED) is 0.841. The fraction of sp³-hybridized carbons (Fsp3) is 0.929. The maximum Gasteiger partial charge on any atom is 0.244 e. The molecule has 0 aromatic heterocycles. The molecule has 3 fully saturated rings. The van der Waals surface area contributed by atoms with Crippen molar-refractivity contribution < 1.29 is 13.2 Å². The van der Waals surface area contributed by atoms with Gasteiger partial charge in [-0.25, -0.2) is 8.42 Å². The largest absolute Gasteiger partial charge is 0.322 e.